The van der Waals surface area contributed by atoms with E-state index >= 15 is 0 Å². The van der Waals surface area contributed by atoms with Crippen molar-refractivity contribution in [2.24, 2.45) is 0 Å². The summed E-state index contributed by atoms with van der Waals surface area (Å²) in [6.07, 6.45) is 1.84. The molecule has 1 aromatic carbocycles. The summed E-state index contributed by atoms with van der Waals surface area (Å²) in [7, 11) is 0. The first-order valence-corrected chi connectivity index (χ1v) is 5.31. The predicted octanol–water partition coefficient (Wildman–Crippen LogP) is 2.52. The molecule has 0 aliphatic carbocycles. The summed E-state index contributed by atoms with van der Waals surface area (Å²) in [5.74, 6) is -0.950. The zero-order valence-electron chi connectivity index (χ0n) is 8.07. The molecule has 0 amide bonds. The molecule has 0 radical (unpaired) electrons. The molecule has 5 heteroatoms. The Hall–Kier alpha value is -1.36. The third-order valence-electron chi connectivity index (χ3n) is 2.22. The molecule has 0 saturated heterocycles. The molecule has 2 rings (SSSR count). The monoisotopic (exact) mass is 268 g/mol. The second-order valence-corrected chi connectivity index (χ2v) is 4.00. The average Bonchev–Trinajstić information content (AvgIpc) is 2.62. The second kappa shape index (κ2) is 3.66. The number of halogens is 1. The number of aromatic nitrogens is 2. The van der Waals surface area contributed by atoms with Crippen LogP contribution >= 0.6 is 15.9 Å². The van der Waals surface area contributed by atoms with Crippen molar-refractivity contribution in [2.75, 3.05) is 0 Å². The highest BCUT2D eigenvalue weighted by Crippen LogP contribution is 2.25. The van der Waals surface area contributed by atoms with Crippen molar-refractivity contribution in [1.29, 1.82) is 0 Å². The minimum atomic E-state index is -0.950. The first-order chi connectivity index (χ1) is 7.13. The van der Waals surface area contributed by atoms with Crippen molar-refractivity contribution in [3.63, 3.8) is 0 Å². The number of hydrogen-bond acceptors (Lipinski definition) is 2. The van der Waals surface area contributed by atoms with E-state index in [1.807, 2.05) is 13.1 Å². The van der Waals surface area contributed by atoms with E-state index in [0.717, 1.165) is 16.4 Å². The lowest BCUT2D eigenvalue weighted by atomic mass is 10.1. The zero-order valence-corrected chi connectivity index (χ0v) is 9.65. The first-order valence-electron chi connectivity index (χ1n) is 4.52. The van der Waals surface area contributed by atoms with Crippen molar-refractivity contribution in [2.45, 2.75) is 13.5 Å². The summed E-state index contributed by atoms with van der Waals surface area (Å²) in [5, 5.41) is 14.0. The van der Waals surface area contributed by atoms with Crippen LogP contribution in [-0.4, -0.2) is 20.9 Å². The van der Waals surface area contributed by atoms with Gasteiger partial charge in [0.2, 0.25) is 0 Å². The topological polar surface area (TPSA) is 55.1 Å². The van der Waals surface area contributed by atoms with Crippen LogP contribution in [-0.2, 0) is 6.54 Å². The number of aryl methyl sites for hydroxylation is 1. The van der Waals surface area contributed by atoms with Crippen LogP contribution in [0.4, 0.5) is 0 Å². The fourth-order valence-corrected chi connectivity index (χ4v) is 1.88. The Balaban J connectivity index is 2.80. The van der Waals surface area contributed by atoms with Crippen LogP contribution < -0.4 is 0 Å². The number of carboxylic acids is 1. The van der Waals surface area contributed by atoms with Crippen LogP contribution in [0.3, 0.4) is 0 Å². The van der Waals surface area contributed by atoms with E-state index in [9.17, 15) is 4.79 Å². The number of hydrogen-bond donors (Lipinski definition) is 1. The molecule has 0 aliphatic rings. The van der Waals surface area contributed by atoms with Crippen LogP contribution in [0.25, 0.3) is 10.9 Å². The van der Waals surface area contributed by atoms with E-state index in [-0.39, 0.29) is 5.56 Å². The van der Waals surface area contributed by atoms with Crippen LogP contribution in [0.5, 0.6) is 0 Å². The van der Waals surface area contributed by atoms with Crippen LogP contribution in [0.1, 0.15) is 17.3 Å². The Morgan fingerprint density at radius 3 is 2.93 bits per heavy atom. The summed E-state index contributed by atoms with van der Waals surface area (Å²) < 4.78 is 2.59. The standard InChI is InChI=1S/C10H9BrN2O2/c1-2-13-5-7-8(11)4-3-6(10(14)15)9(7)12-13/h3-5H,2H2,1H3,(H,14,15). The summed E-state index contributed by atoms with van der Waals surface area (Å²) in [4.78, 5) is 11.0. The Morgan fingerprint density at radius 1 is 1.60 bits per heavy atom. The van der Waals surface area contributed by atoms with Gasteiger partial charge in [-0.05, 0) is 19.1 Å². The lowest BCUT2D eigenvalue weighted by Gasteiger charge is -1.96. The van der Waals surface area contributed by atoms with Gasteiger partial charge in [0.05, 0.1) is 5.56 Å². The molecular weight excluding hydrogens is 260 g/mol. The van der Waals surface area contributed by atoms with Gasteiger partial charge in [-0.1, -0.05) is 15.9 Å². The number of aromatic carboxylic acids is 1. The Morgan fingerprint density at radius 2 is 2.33 bits per heavy atom. The van der Waals surface area contributed by atoms with Gasteiger partial charge >= 0.3 is 5.97 Å². The molecular formula is C10H9BrN2O2. The average molecular weight is 269 g/mol. The van der Waals surface area contributed by atoms with Crippen LogP contribution in [0.2, 0.25) is 0 Å². The number of rotatable bonds is 2. The van der Waals surface area contributed by atoms with Crippen molar-refractivity contribution in [1.82, 2.24) is 9.78 Å². The number of nitrogens with zero attached hydrogens (tertiary/aromatic N) is 2. The van der Waals surface area contributed by atoms with Gasteiger partial charge in [-0.2, -0.15) is 5.10 Å². The third kappa shape index (κ3) is 1.63. The number of benzene rings is 1. The smallest absolute Gasteiger partial charge is 0.337 e. The van der Waals surface area contributed by atoms with Gasteiger partial charge in [-0.3, -0.25) is 4.68 Å². The largest absolute Gasteiger partial charge is 0.478 e. The lowest BCUT2D eigenvalue weighted by Crippen LogP contribution is -1.98. The van der Waals surface area contributed by atoms with Gasteiger partial charge < -0.3 is 5.11 Å². The maximum absolute atomic E-state index is 11.0. The van der Waals surface area contributed by atoms with Crippen molar-refractivity contribution >= 4 is 32.8 Å². The summed E-state index contributed by atoms with van der Waals surface area (Å²) >= 11 is 3.38. The maximum Gasteiger partial charge on any atom is 0.337 e. The molecule has 78 valence electrons. The Bertz CT molecular complexity index is 533. The van der Waals surface area contributed by atoms with E-state index in [0.29, 0.717) is 5.52 Å². The summed E-state index contributed by atoms with van der Waals surface area (Å²) in [6, 6.07) is 3.29. The minimum absolute atomic E-state index is 0.236. The van der Waals surface area contributed by atoms with Crippen molar-refractivity contribution in [3.05, 3.63) is 28.4 Å². The Labute approximate surface area is 94.6 Å². The fourth-order valence-electron chi connectivity index (χ4n) is 1.45. The summed E-state index contributed by atoms with van der Waals surface area (Å²) in [5.41, 5.74) is 0.763. The molecule has 1 aromatic heterocycles. The van der Waals surface area contributed by atoms with E-state index in [1.54, 1.807) is 16.8 Å². The molecule has 0 bridgehead atoms. The SMILES string of the molecule is CCn1cc2c(Br)ccc(C(=O)O)c2n1. The molecule has 1 heterocycles. The quantitative estimate of drug-likeness (QED) is 0.911. The Kier molecular flexibility index (Phi) is 2.48. The molecule has 0 unspecified atom stereocenters. The highest BCUT2D eigenvalue weighted by molar-refractivity contribution is 9.10. The highest BCUT2D eigenvalue weighted by Gasteiger charge is 2.13. The lowest BCUT2D eigenvalue weighted by molar-refractivity contribution is 0.0699. The molecule has 0 saturated carbocycles. The van der Waals surface area contributed by atoms with Gasteiger partial charge in [-0.25, -0.2) is 4.79 Å². The molecule has 0 atom stereocenters. The predicted molar refractivity (Wildman–Crippen MR) is 60.1 cm³/mol. The van der Waals surface area contributed by atoms with E-state index in [1.165, 1.54) is 0 Å². The molecule has 1 N–H and O–H groups in total. The van der Waals surface area contributed by atoms with Gasteiger partial charge in [0.1, 0.15) is 5.52 Å². The first kappa shape index (κ1) is 10.2. The number of fused-ring (bicyclic) bond motifs is 1. The van der Waals surface area contributed by atoms with Gasteiger partial charge in [0.15, 0.2) is 0 Å². The van der Waals surface area contributed by atoms with Gasteiger partial charge in [0, 0.05) is 22.6 Å². The van der Waals surface area contributed by atoms with Crippen molar-refractivity contribution < 1.29 is 9.90 Å². The molecule has 2 aromatic rings. The maximum atomic E-state index is 11.0. The number of carboxylic acid groups (broad SMARTS) is 1. The van der Waals surface area contributed by atoms with Gasteiger partial charge in [0.25, 0.3) is 0 Å². The van der Waals surface area contributed by atoms with Crippen molar-refractivity contribution in [3.8, 4) is 0 Å². The second-order valence-electron chi connectivity index (χ2n) is 3.15. The third-order valence-corrected chi connectivity index (χ3v) is 2.92. The van der Waals surface area contributed by atoms with E-state index in [4.69, 9.17) is 5.11 Å². The van der Waals surface area contributed by atoms with Gasteiger partial charge in [-0.15, -0.1) is 0 Å². The minimum Gasteiger partial charge on any atom is -0.478 e. The van der Waals surface area contributed by atoms with Crippen LogP contribution in [0, 0.1) is 0 Å². The van der Waals surface area contributed by atoms with E-state index in [2.05, 4.69) is 21.0 Å². The summed E-state index contributed by atoms with van der Waals surface area (Å²) in [6.45, 7) is 2.68. The zero-order chi connectivity index (χ0) is 11.0. The fraction of sp³-hybridized carbons (Fsp3) is 0.200. The molecule has 0 aliphatic heterocycles. The normalized spacial score (nSPS) is 10.8. The molecule has 0 spiro atoms. The highest BCUT2D eigenvalue weighted by atomic mass is 79.9. The molecule has 0 fully saturated rings. The van der Waals surface area contributed by atoms with Crippen LogP contribution in [0.15, 0.2) is 22.8 Å². The van der Waals surface area contributed by atoms with E-state index < -0.39 is 5.97 Å². The molecule has 15 heavy (non-hydrogen) atoms. The number of carbonyl (C=O) groups is 1. The molecule has 4 nitrogen and oxygen atoms in total.